The van der Waals surface area contributed by atoms with Crippen LogP contribution in [0.4, 0.5) is 0 Å². The van der Waals surface area contributed by atoms with E-state index in [0.717, 1.165) is 4.47 Å². The van der Waals surface area contributed by atoms with E-state index in [1.807, 2.05) is 34.0 Å². The SMILES string of the molecule is Brc1ccc2sc3c(sc4c5cccc(Br)c5sc43)c2c1. The van der Waals surface area contributed by atoms with Crippen LogP contribution in [0.5, 0.6) is 0 Å². The number of hydrogen-bond donors (Lipinski definition) is 0. The molecule has 0 aliphatic heterocycles. The highest BCUT2D eigenvalue weighted by Crippen LogP contribution is 2.51. The molecular formula is C16H6Br2S3. The summed E-state index contributed by atoms with van der Waals surface area (Å²) in [6.07, 6.45) is 0. The van der Waals surface area contributed by atoms with E-state index in [1.165, 1.54) is 43.4 Å². The van der Waals surface area contributed by atoms with E-state index in [-0.39, 0.29) is 0 Å². The van der Waals surface area contributed by atoms with Gasteiger partial charge in [0.2, 0.25) is 0 Å². The summed E-state index contributed by atoms with van der Waals surface area (Å²) in [5.41, 5.74) is 0. The molecule has 3 heterocycles. The number of benzene rings is 2. The van der Waals surface area contributed by atoms with E-state index >= 15 is 0 Å². The van der Waals surface area contributed by atoms with Gasteiger partial charge in [-0.2, -0.15) is 0 Å². The lowest BCUT2D eigenvalue weighted by molar-refractivity contribution is 1.78. The highest BCUT2D eigenvalue weighted by Gasteiger charge is 2.17. The van der Waals surface area contributed by atoms with E-state index < -0.39 is 0 Å². The van der Waals surface area contributed by atoms with Gasteiger partial charge in [-0.25, -0.2) is 0 Å². The van der Waals surface area contributed by atoms with Crippen molar-refractivity contribution in [3.63, 3.8) is 0 Å². The summed E-state index contributed by atoms with van der Waals surface area (Å²) in [4.78, 5) is 0. The third-order valence-electron chi connectivity index (χ3n) is 3.64. The largest absolute Gasteiger partial charge is 0.133 e. The van der Waals surface area contributed by atoms with Crippen molar-refractivity contribution < 1.29 is 0 Å². The fourth-order valence-corrected chi connectivity index (χ4v) is 7.92. The lowest BCUT2D eigenvalue weighted by atomic mass is 10.2. The third kappa shape index (κ3) is 1.75. The summed E-state index contributed by atoms with van der Waals surface area (Å²) in [6, 6.07) is 13.1. The predicted octanol–water partition coefficient (Wildman–Crippen LogP) is 8.01. The Bertz CT molecular complexity index is 1150. The summed E-state index contributed by atoms with van der Waals surface area (Å²) >= 11 is 13.0. The lowest BCUT2D eigenvalue weighted by Crippen LogP contribution is -1.64. The molecule has 0 spiro atoms. The van der Waals surface area contributed by atoms with Gasteiger partial charge < -0.3 is 0 Å². The van der Waals surface area contributed by atoms with Gasteiger partial charge in [-0.15, -0.1) is 34.0 Å². The Kier molecular flexibility index (Phi) is 2.80. The van der Waals surface area contributed by atoms with E-state index in [2.05, 4.69) is 68.3 Å². The average Bonchev–Trinajstić information content (AvgIpc) is 3.09. The Morgan fingerprint density at radius 2 is 1.43 bits per heavy atom. The van der Waals surface area contributed by atoms with Gasteiger partial charge in [0, 0.05) is 24.4 Å². The maximum Gasteiger partial charge on any atom is 0.0642 e. The van der Waals surface area contributed by atoms with Gasteiger partial charge in [-0.3, -0.25) is 0 Å². The van der Waals surface area contributed by atoms with Gasteiger partial charge in [0.1, 0.15) is 0 Å². The topological polar surface area (TPSA) is 0 Å². The van der Waals surface area contributed by atoms with Crippen LogP contribution in [0.2, 0.25) is 0 Å². The molecule has 5 rings (SSSR count). The monoisotopic (exact) mass is 452 g/mol. The van der Waals surface area contributed by atoms with Crippen molar-refractivity contribution >= 4 is 105 Å². The first-order valence-electron chi connectivity index (χ1n) is 6.33. The average molecular weight is 454 g/mol. The second kappa shape index (κ2) is 4.52. The molecule has 0 saturated heterocycles. The Hall–Kier alpha value is -0.460. The van der Waals surface area contributed by atoms with Crippen LogP contribution in [0, 0.1) is 0 Å². The lowest BCUT2D eigenvalue weighted by Gasteiger charge is -1.92. The second-order valence-corrected chi connectivity index (χ2v) is 9.74. The van der Waals surface area contributed by atoms with Gasteiger partial charge in [-0.05, 0) is 40.2 Å². The summed E-state index contributed by atoms with van der Waals surface area (Å²) in [6.45, 7) is 0. The summed E-state index contributed by atoms with van der Waals surface area (Å²) in [5, 5.41) is 2.75. The number of rotatable bonds is 0. The fraction of sp³-hybridized carbons (Fsp3) is 0. The molecular weight excluding hydrogens is 448 g/mol. The van der Waals surface area contributed by atoms with Crippen LogP contribution in [-0.2, 0) is 0 Å². The molecule has 0 aliphatic carbocycles. The molecule has 21 heavy (non-hydrogen) atoms. The first-order valence-corrected chi connectivity index (χ1v) is 10.4. The van der Waals surface area contributed by atoms with E-state index in [1.54, 1.807) is 0 Å². The van der Waals surface area contributed by atoms with Crippen molar-refractivity contribution in [1.29, 1.82) is 0 Å². The Labute approximate surface area is 149 Å². The maximum absolute atomic E-state index is 3.68. The van der Waals surface area contributed by atoms with Crippen LogP contribution in [0.1, 0.15) is 0 Å². The van der Waals surface area contributed by atoms with Gasteiger partial charge in [0.15, 0.2) is 0 Å². The molecule has 0 fully saturated rings. The first-order chi connectivity index (χ1) is 10.2. The molecule has 3 aromatic heterocycles. The van der Waals surface area contributed by atoms with Crippen molar-refractivity contribution in [3.05, 3.63) is 45.3 Å². The van der Waals surface area contributed by atoms with Crippen molar-refractivity contribution in [2.24, 2.45) is 0 Å². The first kappa shape index (κ1) is 13.0. The van der Waals surface area contributed by atoms with E-state index in [4.69, 9.17) is 0 Å². The molecule has 0 atom stereocenters. The number of thiophene rings is 3. The van der Waals surface area contributed by atoms with Crippen molar-refractivity contribution in [1.82, 2.24) is 0 Å². The predicted molar refractivity (Wildman–Crippen MR) is 105 cm³/mol. The molecule has 0 nitrogen and oxygen atoms in total. The van der Waals surface area contributed by atoms with Crippen LogP contribution in [0.15, 0.2) is 45.3 Å². The maximum atomic E-state index is 3.68. The van der Waals surface area contributed by atoms with Gasteiger partial charge in [0.05, 0.1) is 23.5 Å². The number of fused-ring (bicyclic) bond motifs is 7. The van der Waals surface area contributed by atoms with Crippen LogP contribution < -0.4 is 0 Å². The van der Waals surface area contributed by atoms with Gasteiger partial charge in [0.25, 0.3) is 0 Å². The molecule has 0 saturated carbocycles. The fourth-order valence-electron chi connectivity index (χ4n) is 2.71. The molecule has 0 amide bonds. The molecule has 0 radical (unpaired) electrons. The molecule has 0 N–H and O–H groups in total. The summed E-state index contributed by atoms with van der Waals surface area (Å²) in [5.74, 6) is 0. The summed E-state index contributed by atoms with van der Waals surface area (Å²) in [7, 11) is 0. The summed E-state index contributed by atoms with van der Waals surface area (Å²) < 4.78 is 10.8. The highest BCUT2D eigenvalue weighted by atomic mass is 79.9. The van der Waals surface area contributed by atoms with Crippen molar-refractivity contribution in [2.45, 2.75) is 0 Å². The standard InChI is InChI=1S/C16H6Br2S3/c17-7-4-5-11-9(6-7)14-15(19-11)16-13(21-14)8-2-1-3-10(18)12(8)20-16/h1-6H. The minimum Gasteiger partial charge on any atom is -0.133 e. The molecule has 5 heteroatoms. The smallest absolute Gasteiger partial charge is 0.0642 e. The molecule has 102 valence electrons. The van der Waals surface area contributed by atoms with E-state index in [0.29, 0.717) is 0 Å². The minimum absolute atomic E-state index is 1.15. The van der Waals surface area contributed by atoms with Crippen LogP contribution >= 0.6 is 65.9 Å². The van der Waals surface area contributed by atoms with Gasteiger partial charge >= 0.3 is 0 Å². The quantitative estimate of drug-likeness (QED) is 0.222. The van der Waals surface area contributed by atoms with Gasteiger partial charge in [-0.1, -0.05) is 28.1 Å². The van der Waals surface area contributed by atoms with Crippen LogP contribution in [0.3, 0.4) is 0 Å². The third-order valence-corrected chi connectivity index (χ3v) is 9.14. The normalized spacial score (nSPS) is 12.3. The van der Waals surface area contributed by atoms with Crippen LogP contribution in [0.25, 0.3) is 39.0 Å². The van der Waals surface area contributed by atoms with Crippen LogP contribution in [-0.4, -0.2) is 0 Å². The molecule has 0 aliphatic rings. The van der Waals surface area contributed by atoms with E-state index in [9.17, 15) is 0 Å². The van der Waals surface area contributed by atoms with Crippen molar-refractivity contribution in [3.8, 4) is 0 Å². The number of hydrogen-bond acceptors (Lipinski definition) is 3. The Morgan fingerprint density at radius 3 is 2.33 bits per heavy atom. The van der Waals surface area contributed by atoms with Crippen molar-refractivity contribution in [2.75, 3.05) is 0 Å². The highest BCUT2D eigenvalue weighted by molar-refractivity contribution is 9.11. The zero-order valence-corrected chi connectivity index (χ0v) is 16.1. The minimum atomic E-state index is 1.15. The number of halogens is 2. The Balaban J connectivity index is 2.04. The molecule has 0 unspecified atom stereocenters. The molecule has 5 aromatic rings. The zero-order chi connectivity index (χ0) is 14.1. The Morgan fingerprint density at radius 1 is 0.667 bits per heavy atom. The molecule has 0 bridgehead atoms. The second-order valence-electron chi connectivity index (χ2n) is 4.88. The zero-order valence-electron chi connectivity index (χ0n) is 10.4. The molecule has 2 aromatic carbocycles.